The molecule has 2 heterocycles. The van der Waals surface area contributed by atoms with Crippen molar-refractivity contribution in [1.82, 2.24) is 29.9 Å². The van der Waals surface area contributed by atoms with Crippen molar-refractivity contribution in [1.29, 1.82) is 0 Å². The highest BCUT2D eigenvalue weighted by molar-refractivity contribution is 4.99. The van der Waals surface area contributed by atoms with Crippen LogP contribution < -0.4 is 5.32 Å². The van der Waals surface area contributed by atoms with E-state index in [-0.39, 0.29) is 0 Å². The van der Waals surface area contributed by atoms with E-state index in [0.29, 0.717) is 13.1 Å². The molecule has 0 saturated heterocycles. The van der Waals surface area contributed by atoms with Crippen molar-refractivity contribution >= 4 is 0 Å². The van der Waals surface area contributed by atoms with Gasteiger partial charge in [-0.2, -0.15) is 10.2 Å². The molecule has 0 saturated carbocycles. The molecule has 80 valence electrons. The summed E-state index contributed by atoms with van der Waals surface area (Å²) in [6.07, 6.45) is 3.64. The summed E-state index contributed by atoms with van der Waals surface area (Å²) in [5.41, 5.74) is 0.985. The number of rotatable bonds is 4. The van der Waals surface area contributed by atoms with Gasteiger partial charge in [0.05, 0.1) is 18.8 Å². The molecule has 0 radical (unpaired) electrons. The number of hydrogen-bond acceptors (Lipinski definition) is 4. The van der Waals surface area contributed by atoms with E-state index < -0.39 is 0 Å². The first-order valence-electron chi connectivity index (χ1n) is 4.79. The van der Waals surface area contributed by atoms with Gasteiger partial charge >= 0.3 is 0 Å². The summed E-state index contributed by atoms with van der Waals surface area (Å²) in [5.74, 6) is 0.799. The molecule has 0 aliphatic carbocycles. The molecule has 0 atom stereocenters. The summed E-state index contributed by atoms with van der Waals surface area (Å²) >= 11 is 0. The van der Waals surface area contributed by atoms with Gasteiger partial charge in [0.1, 0.15) is 6.33 Å². The van der Waals surface area contributed by atoms with Gasteiger partial charge in [-0.3, -0.25) is 4.68 Å². The Kier molecular flexibility index (Phi) is 2.77. The monoisotopic (exact) mass is 206 g/mol. The Labute approximate surface area is 87.9 Å². The van der Waals surface area contributed by atoms with Gasteiger partial charge in [-0.25, -0.2) is 9.67 Å². The average molecular weight is 206 g/mol. The van der Waals surface area contributed by atoms with E-state index in [1.807, 2.05) is 26.4 Å². The van der Waals surface area contributed by atoms with Crippen LogP contribution >= 0.6 is 0 Å². The van der Waals surface area contributed by atoms with Crippen LogP contribution in [-0.4, -0.2) is 31.6 Å². The van der Waals surface area contributed by atoms with Crippen LogP contribution in [0.3, 0.4) is 0 Å². The fourth-order valence-corrected chi connectivity index (χ4v) is 1.36. The number of nitrogens with zero attached hydrogens (tertiary/aromatic N) is 5. The van der Waals surface area contributed by atoms with Gasteiger partial charge in [0.2, 0.25) is 0 Å². The predicted octanol–water partition coefficient (Wildman–Crippen LogP) is -0.221. The molecule has 2 rings (SSSR count). The molecule has 2 aromatic rings. The molecule has 2 aromatic heterocycles. The number of hydrogen-bond donors (Lipinski definition) is 1. The van der Waals surface area contributed by atoms with Gasteiger partial charge in [-0.1, -0.05) is 0 Å². The zero-order chi connectivity index (χ0) is 10.7. The highest BCUT2D eigenvalue weighted by Gasteiger charge is 2.02. The van der Waals surface area contributed by atoms with Crippen LogP contribution in [0.4, 0.5) is 0 Å². The van der Waals surface area contributed by atoms with Crippen LogP contribution in [0.25, 0.3) is 0 Å². The maximum atomic E-state index is 4.30. The normalized spacial score (nSPS) is 10.8. The molecule has 0 unspecified atom stereocenters. The Morgan fingerprint density at radius 3 is 2.93 bits per heavy atom. The smallest absolute Gasteiger partial charge is 0.164 e. The van der Waals surface area contributed by atoms with Crippen molar-refractivity contribution < 1.29 is 0 Å². The third-order valence-electron chi connectivity index (χ3n) is 2.01. The molecule has 0 amide bonds. The molecule has 0 spiro atoms. The number of aromatic nitrogens is 5. The highest BCUT2D eigenvalue weighted by Crippen LogP contribution is 1.98. The summed E-state index contributed by atoms with van der Waals surface area (Å²) in [6, 6.07) is 1.97. The summed E-state index contributed by atoms with van der Waals surface area (Å²) < 4.78 is 3.57. The fourth-order valence-electron chi connectivity index (χ4n) is 1.36. The van der Waals surface area contributed by atoms with Crippen LogP contribution in [0.1, 0.15) is 11.5 Å². The van der Waals surface area contributed by atoms with Crippen molar-refractivity contribution in [3.8, 4) is 0 Å². The molecule has 15 heavy (non-hydrogen) atoms. The van der Waals surface area contributed by atoms with Gasteiger partial charge in [-0.15, -0.1) is 0 Å². The Morgan fingerprint density at radius 1 is 1.40 bits per heavy atom. The van der Waals surface area contributed by atoms with Gasteiger partial charge in [0, 0.05) is 13.2 Å². The zero-order valence-electron chi connectivity index (χ0n) is 8.88. The topological polar surface area (TPSA) is 60.6 Å². The molecule has 1 N–H and O–H groups in total. The molecule has 0 fully saturated rings. The molecule has 6 nitrogen and oxygen atoms in total. The Hall–Kier alpha value is -1.69. The second-order valence-corrected chi connectivity index (χ2v) is 3.37. The van der Waals surface area contributed by atoms with Gasteiger partial charge in [0.15, 0.2) is 5.82 Å². The first-order chi connectivity index (χ1) is 7.28. The predicted molar refractivity (Wildman–Crippen MR) is 55.1 cm³/mol. The average Bonchev–Trinajstić information content (AvgIpc) is 2.78. The van der Waals surface area contributed by atoms with Crippen LogP contribution in [0, 0.1) is 0 Å². The third-order valence-corrected chi connectivity index (χ3v) is 2.01. The Morgan fingerprint density at radius 2 is 2.27 bits per heavy atom. The highest BCUT2D eigenvalue weighted by atomic mass is 15.3. The minimum Gasteiger partial charge on any atom is -0.313 e. The second-order valence-electron chi connectivity index (χ2n) is 3.37. The zero-order valence-corrected chi connectivity index (χ0v) is 8.88. The van der Waals surface area contributed by atoms with Crippen molar-refractivity contribution in [3.63, 3.8) is 0 Å². The van der Waals surface area contributed by atoms with Crippen LogP contribution in [0.5, 0.6) is 0 Å². The van der Waals surface area contributed by atoms with E-state index >= 15 is 0 Å². The standard InChI is InChI=1S/C9H14N6/c1-10-5-9-11-7-15(13-9)6-8-3-4-14(2)12-8/h3-4,7,10H,5-6H2,1-2H3. The van der Waals surface area contributed by atoms with E-state index in [9.17, 15) is 0 Å². The Bertz CT molecular complexity index is 429. The molecular weight excluding hydrogens is 192 g/mol. The first kappa shape index (κ1) is 9.85. The number of aryl methyl sites for hydroxylation is 1. The van der Waals surface area contributed by atoms with Crippen molar-refractivity contribution in [3.05, 3.63) is 30.1 Å². The van der Waals surface area contributed by atoms with E-state index in [1.165, 1.54) is 0 Å². The number of nitrogens with one attached hydrogen (secondary N) is 1. The van der Waals surface area contributed by atoms with Crippen molar-refractivity contribution in [2.75, 3.05) is 7.05 Å². The summed E-state index contributed by atoms with van der Waals surface area (Å²) in [6.45, 7) is 1.35. The van der Waals surface area contributed by atoms with Crippen molar-refractivity contribution in [2.24, 2.45) is 7.05 Å². The lowest BCUT2D eigenvalue weighted by Gasteiger charge is -1.95. The first-order valence-corrected chi connectivity index (χ1v) is 4.79. The fraction of sp³-hybridized carbons (Fsp3) is 0.444. The SMILES string of the molecule is CNCc1ncn(Cc2ccn(C)n2)n1. The summed E-state index contributed by atoms with van der Waals surface area (Å²) in [4.78, 5) is 4.16. The van der Waals surface area contributed by atoms with E-state index in [0.717, 1.165) is 11.5 Å². The maximum absolute atomic E-state index is 4.30. The van der Waals surface area contributed by atoms with E-state index in [4.69, 9.17) is 0 Å². The minimum atomic E-state index is 0.664. The lowest BCUT2D eigenvalue weighted by atomic mass is 10.4. The van der Waals surface area contributed by atoms with E-state index in [1.54, 1.807) is 15.7 Å². The van der Waals surface area contributed by atoms with E-state index in [2.05, 4.69) is 20.5 Å². The van der Waals surface area contributed by atoms with Crippen LogP contribution in [-0.2, 0) is 20.1 Å². The molecule has 0 bridgehead atoms. The Balaban J connectivity index is 2.04. The molecular formula is C9H14N6. The van der Waals surface area contributed by atoms with Crippen molar-refractivity contribution in [2.45, 2.75) is 13.1 Å². The molecule has 0 aromatic carbocycles. The van der Waals surface area contributed by atoms with Crippen LogP contribution in [0.15, 0.2) is 18.6 Å². The quantitative estimate of drug-likeness (QED) is 0.751. The second kappa shape index (κ2) is 4.22. The summed E-state index contributed by atoms with van der Waals surface area (Å²) in [7, 11) is 3.77. The van der Waals surface area contributed by atoms with Gasteiger partial charge < -0.3 is 5.32 Å². The largest absolute Gasteiger partial charge is 0.313 e. The minimum absolute atomic E-state index is 0.664. The van der Waals surface area contributed by atoms with Crippen LogP contribution in [0.2, 0.25) is 0 Å². The summed E-state index contributed by atoms with van der Waals surface area (Å²) in [5, 5.41) is 11.6. The van der Waals surface area contributed by atoms with Gasteiger partial charge in [-0.05, 0) is 13.1 Å². The lowest BCUT2D eigenvalue weighted by Crippen LogP contribution is -2.08. The third kappa shape index (κ3) is 2.41. The molecule has 0 aliphatic heterocycles. The molecule has 0 aliphatic rings. The lowest BCUT2D eigenvalue weighted by molar-refractivity contribution is 0.633. The van der Waals surface area contributed by atoms with Gasteiger partial charge in [0.25, 0.3) is 0 Å². The molecule has 6 heteroatoms. The maximum Gasteiger partial charge on any atom is 0.164 e.